The molecule has 170 valence electrons. The number of carbonyl (C=O) groups is 1. The van der Waals surface area contributed by atoms with Crippen molar-refractivity contribution in [3.8, 4) is 11.1 Å². The van der Waals surface area contributed by atoms with Gasteiger partial charge in [0.2, 0.25) is 10.0 Å². The third-order valence-corrected chi connectivity index (χ3v) is 8.10. The number of amides is 1. The highest BCUT2D eigenvalue weighted by atomic mass is 32.2. The van der Waals surface area contributed by atoms with Gasteiger partial charge in [0, 0.05) is 13.1 Å². The Balaban J connectivity index is 1.53. The Labute approximate surface area is 194 Å². The molecule has 1 heterocycles. The average molecular weight is 471 g/mol. The second-order valence-corrected chi connectivity index (χ2v) is 11.4. The van der Waals surface area contributed by atoms with E-state index in [1.165, 1.54) is 16.9 Å². The minimum absolute atomic E-state index is 0.0251. The molecule has 7 heteroatoms. The molecule has 0 saturated carbocycles. The van der Waals surface area contributed by atoms with Crippen molar-refractivity contribution in [1.82, 2.24) is 10.0 Å². The van der Waals surface area contributed by atoms with Crippen LogP contribution in [-0.4, -0.2) is 32.7 Å². The first-order valence-corrected chi connectivity index (χ1v) is 13.2. The van der Waals surface area contributed by atoms with Crippen molar-refractivity contribution in [2.24, 2.45) is 0 Å². The third kappa shape index (κ3) is 6.51. The van der Waals surface area contributed by atoms with Crippen molar-refractivity contribution < 1.29 is 13.2 Å². The van der Waals surface area contributed by atoms with Gasteiger partial charge in [0.15, 0.2) is 0 Å². The molecule has 1 aromatic heterocycles. The Morgan fingerprint density at radius 3 is 2.12 bits per heavy atom. The lowest BCUT2D eigenvalue weighted by molar-refractivity contribution is 0.0958. The molecule has 0 aliphatic carbocycles. The van der Waals surface area contributed by atoms with Gasteiger partial charge in [-0.1, -0.05) is 61.5 Å². The number of benzene rings is 2. The fourth-order valence-electron chi connectivity index (χ4n) is 3.21. The van der Waals surface area contributed by atoms with Gasteiger partial charge in [-0.25, -0.2) is 13.1 Å². The fourth-order valence-corrected chi connectivity index (χ4v) is 4.66. The molecule has 1 unspecified atom stereocenters. The first kappa shape index (κ1) is 24.2. The molecule has 2 aromatic carbocycles. The molecule has 0 radical (unpaired) electrons. The van der Waals surface area contributed by atoms with Crippen LogP contribution in [0.5, 0.6) is 0 Å². The third-order valence-electron chi connectivity index (χ3n) is 5.42. The summed E-state index contributed by atoms with van der Waals surface area (Å²) < 4.78 is 26.6. The summed E-state index contributed by atoms with van der Waals surface area (Å²) in [4.78, 5) is 12.7. The van der Waals surface area contributed by atoms with E-state index in [-0.39, 0.29) is 11.8 Å². The molecule has 1 amide bonds. The number of rotatable bonds is 10. The van der Waals surface area contributed by atoms with Crippen molar-refractivity contribution in [3.63, 3.8) is 0 Å². The number of hydrogen-bond donors (Lipinski definition) is 2. The minimum Gasteiger partial charge on any atom is -0.351 e. The molecule has 32 heavy (non-hydrogen) atoms. The highest BCUT2D eigenvalue weighted by Crippen LogP contribution is 2.23. The second kappa shape index (κ2) is 10.9. The second-order valence-electron chi connectivity index (χ2n) is 8.15. The molecule has 3 rings (SSSR count). The Kier molecular flexibility index (Phi) is 8.23. The van der Waals surface area contributed by atoms with Crippen molar-refractivity contribution >= 4 is 27.3 Å². The van der Waals surface area contributed by atoms with E-state index >= 15 is 0 Å². The normalized spacial score (nSPS) is 12.6. The molecule has 0 saturated heterocycles. The van der Waals surface area contributed by atoms with E-state index in [4.69, 9.17) is 0 Å². The van der Waals surface area contributed by atoms with Crippen LogP contribution in [-0.2, 0) is 16.4 Å². The van der Waals surface area contributed by atoms with Crippen molar-refractivity contribution in [3.05, 3.63) is 82.0 Å². The van der Waals surface area contributed by atoms with Crippen LogP contribution in [0.3, 0.4) is 0 Å². The van der Waals surface area contributed by atoms with E-state index in [2.05, 4.69) is 58.6 Å². The van der Waals surface area contributed by atoms with Crippen LogP contribution in [0.1, 0.15) is 47.5 Å². The summed E-state index contributed by atoms with van der Waals surface area (Å²) >= 11 is 1.44. The maximum Gasteiger partial charge on any atom is 0.261 e. The predicted octanol–water partition coefficient (Wildman–Crippen LogP) is 4.82. The van der Waals surface area contributed by atoms with Crippen molar-refractivity contribution in [1.29, 1.82) is 0 Å². The van der Waals surface area contributed by atoms with Gasteiger partial charge in [0.25, 0.3) is 5.91 Å². The Bertz CT molecular complexity index is 1110. The zero-order chi connectivity index (χ0) is 23.1. The van der Waals surface area contributed by atoms with Gasteiger partial charge in [-0.15, -0.1) is 11.3 Å². The number of thiophene rings is 1. The summed E-state index contributed by atoms with van der Waals surface area (Å²) in [5, 5.41) is 4.42. The van der Waals surface area contributed by atoms with Gasteiger partial charge in [0.05, 0.1) is 10.1 Å². The molecule has 0 spiro atoms. The quantitative estimate of drug-likeness (QED) is 0.446. The fraction of sp³-hybridized carbons (Fsp3) is 0.320. The molecule has 0 aliphatic heterocycles. The maximum atomic E-state index is 12.0. The van der Waals surface area contributed by atoms with Gasteiger partial charge in [-0.3, -0.25) is 4.79 Å². The number of nitrogens with one attached hydrogen (secondary N) is 2. The van der Waals surface area contributed by atoms with Crippen LogP contribution in [0.25, 0.3) is 11.1 Å². The van der Waals surface area contributed by atoms with Gasteiger partial charge in [-0.2, -0.15) is 0 Å². The lowest BCUT2D eigenvalue weighted by Gasteiger charge is -2.15. The van der Waals surface area contributed by atoms with Crippen molar-refractivity contribution in [2.75, 3.05) is 13.1 Å². The van der Waals surface area contributed by atoms with Crippen LogP contribution in [0.2, 0.25) is 0 Å². The van der Waals surface area contributed by atoms with E-state index in [0.29, 0.717) is 13.1 Å². The summed E-state index contributed by atoms with van der Waals surface area (Å²) in [5.74, 6) is 0.0623. The molecular formula is C25H30N2O3S2. The number of hydrogen-bond acceptors (Lipinski definition) is 4. The average Bonchev–Trinajstić information content (AvgIpc) is 3.33. The van der Waals surface area contributed by atoms with Crippen LogP contribution in [0.15, 0.2) is 66.0 Å². The number of carbonyl (C=O) groups excluding carboxylic acids is 1. The van der Waals surface area contributed by atoms with Gasteiger partial charge in [-0.05, 0) is 59.9 Å². The van der Waals surface area contributed by atoms with E-state index in [1.54, 1.807) is 13.8 Å². The lowest BCUT2D eigenvalue weighted by atomic mass is 9.97. The summed E-state index contributed by atoms with van der Waals surface area (Å²) in [6, 6.07) is 20.3. The Morgan fingerprint density at radius 2 is 1.56 bits per heavy atom. The molecular weight excluding hydrogens is 440 g/mol. The Hall–Kier alpha value is -2.48. The van der Waals surface area contributed by atoms with Crippen LogP contribution in [0.4, 0.5) is 0 Å². The monoisotopic (exact) mass is 470 g/mol. The SMILES string of the molecule is CC(CNS(=O)(=O)C(C)C)c1ccc(-c2ccc(CCNC(=O)c3cccs3)cc2)cc1. The lowest BCUT2D eigenvalue weighted by Crippen LogP contribution is -2.33. The zero-order valence-electron chi connectivity index (χ0n) is 18.7. The smallest absolute Gasteiger partial charge is 0.261 e. The predicted molar refractivity (Wildman–Crippen MR) is 133 cm³/mol. The molecule has 0 aliphatic rings. The first-order chi connectivity index (χ1) is 15.3. The van der Waals surface area contributed by atoms with Gasteiger partial charge in [0.1, 0.15) is 0 Å². The molecule has 0 fully saturated rings. The first-order valence-electron chi connectivity index (χ1n) is 10.8. The van der Waals surface area contributed by atoms with Gasteiger partial charge < -0.3 is 5.32 Å². The van der Waals surface area contributed by atoms with Gasteiger partial charge >= 0.3 is 0 Å². The summed E-state index contributed by atoms with van der Waals surface area (Å²) in [7, 11) is -3.25. The molecule has 1 atom stereocenters. The minimum atomic E-state index is -3.25. The highest BCUT2D eigenvalue weighted by molar-refractivity contribution is 7.90. The summed E-state index contributed by atoms with van der Waals surface area (Å²) in [6.45, 7) is 6.35. The molecule has 3 aromatic rings. The van der Waals surface area contributed by atoms with Crippen LogP contribution in [0, 0.1) is 0 Å². The topological polar surface area (TPSA) is 75.3 Å². The largest absolute Gasteiger partial charge is 0.351 e. The molecule has 0 bridgehead atoms. The molecule has 5 nitrogen and oxygen atoms in total. The van der Waals surface area contributed by atoms with E-state index in [9.17, 15) is 13.2 Å². The van der Waals surface area contributed by atoms with Crippen LogP contribution < -0.4 is 10.0 Å². The maximum absolute atomic E-state index is 12.0. The molecule has 2 N–H and O–H groups in total. The van der Waals surface area contributed by atoms with E-state index in [1.807, 2.05) is 24.4 Å². The van der Waals surface area contributed by atoms with Crippen LogP contribution >= 0.6 is 11.3 Å². The standard InChI is InChI=1S/C25H30N2O3S2/c1-18(2)32(29,30)27-17-19(3)21-10-12-23(13-11-21)22-8-6-20(7-9-22)14-15-26-25(28)24-5-4-16-31-24/h4-13,16,18-19,27H,14-15,17H2,1-3H3,(H,26,28). The Morgan fingerprint density at radius 1 is 0.938 bits per heavy atom. The number of sulfonamides is 1. The van der Waals surface area contributed by atoms with E-state index < -0.39 is 15.3 Å². The highest BCUT2D eigenvalue weighted by Gasteiger charge is 2.17. The zero-order valence-corrected chi connectivity index (χ0v) is 20.3. The summed E-state index contributed by atoms with van der Waals surface area (Å²) in [6.07, 6.45) is 0.778. The van der Waals surface area contributed by atoms with E-state index in [0.717, 1.165) is 28.0 Å². The summed E-state index contributed by atoms with van der Waals surface area (Å²) in [5.41, 5.74) is 4.50. The van der Waals surface area contributed by atoms with Crippen molar-refractivity contribution in [2.45, 2.75) is 38.4 Å².